The third-order valence-electron chi connectivity index (χ3n) is 4.92. The molecular formula is C24H23N5O5S. The molecule has 1 amide bonds. The number of nitro benzene ring substituents is 1. The van der Waals surface area contributed by atoms with Gasteiger partial charge in [0.2, 0.25) is 5.17 Å². The van der Waals surface area contributed by atoms with Crippen LogP contribution >= 0.6 is 11.8 Å². The van der Waals surface area contributed by atoms with Crippen LogP contribution in [0.25, 0.3) is 6.08 Å². The number of benzene rings is 2. The number of nitrogens with zero attached hydrogens (tertiary/aromatic N) is 4. The zero-order valence-electron chi connectivity index (χ0n) is 19.1. The summed E-state index contributed by atoms with van der Waals surface area (Å²) in [5.74, 6) is 1.00. The minimum absolute atomic E-state index is 0.00253. The van der Waals surface area contributed by atoms with Gasteiger partial charge < -0.3 is 9.47 Å². The van der Waals surface area contributed by atoms with Crippen LogP contribution in [-0.4, -0.2) is 45.1 Å². The van der Waals surface area contributed by atoms with Crippen molar-refractivity contribution in [1.82, 2.24) is 5.01 Å². The fourth-order valence-electron chi connectivity index (χ4n) is 3.31. The molecule has 2 heterocycles. The molecule has 0 radical (unpaired) electrons. The van der Waals surface area contributed by atoms with Crippen LogP contribution < -0.4 is 9.47 Å². The predicted molar refractivity (Wildman–Crippen MR) is 135 cm³/mol. The Balaban J connectivity index is 1.37. The fourth-order valence-corrected chi connectivity index (χ4v) is 4.40. The maximum Gasteiger partial charge on any atom is 0.283 e. The molecule has 2 aliphatic heterocycles. The van der Waals surface area contributed by atoms with Gasteiger partial charge in [0.05, 0.1) is 10.5 Å². The van der Waals surface area contributed by atoms with Crippen LogP contribution in [0.2, 0.25) is 0 Å². The standard InChI is InChI=1S/C24H23N5O5S/c1-15(2)12-21-27-28-22(25)20(23(30)26-24(28)35-21)14-16-4-3-5-19(13-16)34-11-10-33-18-8-6-17(7-9-18)29(31)32/h3-9,13-15,25H,10-12H2,1-2H3/b20-14-,25-22?. The molecule has 2 aliphatic rings. The molecular weight excluding hydrogens is 470 g/mol. The minimum Gasteiger partial charge on any atom is -0.490 e. The molecule has 0 atom stereocenters. The Hall–Kier alpha value is -3.99. The van der Waals surface area contributed by atoms with Gasteiger partial charge in [-0.15, -0.1) is 0 Å². The summed E-state index contributed by atoms with van der Waals surface area (Å²) < 4.78 is 11.3. The van der Waals surface area contributed by atoms with Gasteiger partial charge in [-0.05, 0) is 53.6 Å². The molecule has 0 saturated heterocycles. The number of carbonyl (C=O) groups excluding carboxylic acids is 1. The smallest absolute Gasteiger partial charge is 0.283 e. The van der Waals surface area contributed by atoms with Gasteiger partial charge in [-0.1, -0.05) is 26.0 Å². The molecule has 0 bridgehead atoms. The van der Waals surface area contributed by atoms with Crippen molar-refractivity contribution in [2.45, 2.75) is 20.3 Å². The molecule has 35 heavy (non-hydrogen) atoms. The number of hydrogen-bond donors (Lipinski definition) is 1. The van der Waals surface area contributed by atoms with E-state index in [1.807, 2.05) is 0 Å². The number of fused-ring (bicyclic) bond motifs is 1. The lowest BCUT2D eigenvalue weighted by atomic mass is 10.1. The fraction of sp³-hybridized carbons (Fsp3) is 0.250. The van der Waals surface area contributed by atoms with Gasteiger partial charge in [0.25, 0.3) is 11.6 Å². The molecule has 4 rings (SSSR count). The van der Waals surface area contributed by atoms with Crippen LogP contribution in [0.1, 0.15) is 25.8 Å². The summed E-state index contributed by atoms with van der Waals surface area (Å²) in [5, 5.41) is 26.3. The number of thioether (sulfide) groups is 1. The largest absolute Gasteiger partial charge is 0.490 e. The van der Waals surface area contributed by atoms with Crippen molar-refractivity contribution >= 4 is 45.5 Å². The van der Waals surface area contributed by atoms with Crippen LogP contribution in [-0.2, 0) is 4.79 Å². The molecule has 0 aromatic heterocycles. The van der Waals surface area contributed by atoms with E-state index in [4.69, 9.17) is 14.9 Å². The molecule has 2 aromatic carbocycles. The highest BCUT2D eigenvalue weighted by atomic mass is 32.2. The summed E-state index contributed by atoms with van der Waals surface area (Å²) in [6.45, 7) is 4.66. The van der Waals surface area contributed by atoms with Crippen molar-refractivity contribution in [3.05, 3.63) is 69.8 Å². The summed E-state index contributed by atoms with van der Waals surface area (Å²) in [4.78, 5) is 27.0. The number of hydrazone groups is 1. The Morgan fingerprint density at radius 3 is 2.54 bits per heavy atom. The number of nitro groups is 1. The molecule has 10 nitrogen and oxygen atoms in total. The molecule has 0 unspecified atom stereocenters. The van der Waals surface area contributed by atoms with Gasteiger partial charge in [-0.2, -0.15) is 15.1 Å². The predicted octanol–water partition coefficient (Wildman–Crippen LogP) is 4.72. The molecule has 180 valence electrons. The third-order valence-corrected chi connectivity index (χ3v) is 5.85. The second kappa shape index (κ2) is 10.5. The van der Waals surface area contributed by atoms with Crippen molar-refractivity contribution in [1.29, 1.82) is 5.41 Å². The van der Waals surface area contributed by atoms with E-state index in [2.05, 4.69) is 23.9 Å². The van der Waals surface area contributed by atoms with E-state index in [1.54, 1.807) is 30.3 Å². The van der Waals surface area contributed by atoms with Crippen LogP contribution in [0, 0.1) is 21.4 Å². The zero-order chi connectivity index (χ0) is 24.9. The van der Waals surface area contributed by atoms with Gasteiger partial charge in [0.1, 0.15) is 29.8 Å². The maximum atomic E-state index is 12.6. The van der Waals surface area contributed by atoms with E-state index in [0.29, 0.717) is 28.1 Å². The number of amidine groups is 2. The van der Waals surface area contributed by atoms with E-state index in [1.165, 1.54) is 41.0 Å². The van der Waals surface area contributed by atoms with Gasteiger partial charge in [0.15, 0.2) is 5.84 Å². The number of non-ortho nitro benzene ring substituents is 1. The van der Waals surface area contributed by atoms with Gasteiger partial charge in [-0.3, -0.25) is 20.3 Å². The van der Waals surface area contributed by atoms with Gasteiger partial charge in [-0.25, -0.2) is 0 Å². The van der Waals surface area contributed by atoms with Crippen molar-refractivity contribution in [3.8, 4) is 11.5 Å². The number of amides is 1. The van der Waals surface area contributed by atoms with Crippen molar-refractivity contribution in [2.24, 2.45) is 16.0 Å². The van der Waals surface area contributed by atoms with E-state index < -0.39 is 10.8 Å². The first-order valence-electron chi connectivity index (χ1n) is 10.9. The Labute approximate surface area is 206 Å². The monoisotopic (exact) mass is 493 g/mol. The highest BCUT2D eigenvalue weighted by molar-refractivity contribution is 8.26. The number of ether oxygens (including phenoxy) is 2. The quantitative estimate of drug-likeness (QED) is 0.231. The number of rotatable bonds is 9. The minimum atomic E-state index is -0.474. The third kappa shape index (κ3) is 5.93. The Bertz CT molecular complexity index is 1250. The first-order chi connectivity index (χ1) is 16.8. The summed E-state index contributed by atoms with van der Waals surface area (Å²) in [7, 11) is 0. The lowest BCUT2D eigenvalue weighted by Crippen LogP contribution is -2.35. The normalized spacial score (nSPS) is 16.3. The maximum absolute atomic E-state index is 12.6. The second-order valence-electron chi connectivity index (χ2n) is 8.13. The molecule has 2 aromatic rings. The van der Waals surface area contributed by atoms with Crippen molar-refractivity contribution in [3.63, 3.8) is 0 Å². The molecule has 0 spiro atoms. The van der Waals surface area contributed by atoms with Crippen LogP contribution in [0.15, 0.2) is 64.2 Å². The first kappa shape index (κ1) is 24.1. The van der Waals surface area contributed by atoms with Crippen LogP contribution in [0.5, 0.6) is 11.5 Å². The molecule has 0 fully saturated rings. The summed E-state index contributed by atoms with van der Waals surface area (Å²) >= 11 is 1.33. The van der Waals surface area contributed by atoms with Crippen molar-refractivity contribution < 1.29 is 19.2 Å². The molecule has 0 saturated carbocycles. The number of hydrogen-bond acceptors (Lipinski definition) is 8. The second-order valence-corrected chi connectivity index (χ2v) is 9.17. The van der Waals surface area contributed by atoms with Crippen LogP contribution in [0.3, 0.4) is 0 Å². The Morgan fingerprint density at radius 2 is 1.86 bits per heavy atom. The summed E-state index contributed by atoms with van der Waals surface area (Å²) in [6.07, 6.45) is 2.36. The van der Waals surface area contributed by atoms with E-state index >= 15 is 0 Å². The average Bonchev–Trinajstić information content (AvgIpc) is 3.21. The van der Waals surface area contributed by atoms with Crippen molar-refractivity contribution in [2.75, 3.05) is 13.2 Å². The number of nitrogens with one attached hydrogen (secondary N) is 1. The van der Waals surface area contributed by atoms with E-state index in [-0.39, 0.29) is 30.3 Å². The molecule has 11 heteroatoms. The van der Waals surface area contributed by atoms with Gasteiger partial charge >= 0.3 is 0 Å². The highest BCUT2D eigenvalue weighted by Crippen LogP contribution is 2.30. The van der Waals surface area contributed by atoms with E-state index in [9.17, 15) is 14.9 Å². The number of aliphatic imine (C=N–C) groups is 1. The van der Waals surface area contributed by atoms with Crippen LogP contribution in [0.4, 0.5) is 5.69 Å². The lowest BCUT2D eigenvalue weighted by Gasteiger charge is -2.20. The first-order valence-corrected chi connectivity index (χ1v) is 11.7. The molecule has 0 aliphatic carbocycles. The summed E-state index contributed by atoms with van der Waals surface area (Å²) in [6, 6.07) is 12.9. The average molecular weight is 494 g/mol. The Kier molecular flexibility index (Phi) is 7.25. The Morgan fingerprint density at radius 1 is 1.14 bits per heavy atom. The lowest BCUT2D eigenvalue weighted by molar-refractivity contribution is -0.384. The SMILES string of the molecule is CC(C)CC1=NN2C(=N)/C(=C/c3cccc(OCCOc4ccc([N+](=O)[O-])cc4)c3)C(=O)N=C2S1. The zero-order valence-corrected chi connectivity index (χ0v) is 19.9. The highest BCUT2D eigenvalue weighted by Gasteiger charge is 2.35. The topological polar surface area (TPSA) is 130 Å². The summed E-state index contributed by atoms with van der Waals surface area (Å²) in [5.41, 5.74) is 0.837. The molecule has 1 N–H and O–H groups in total. The van der Waals surface area contributed by atoms with Gasteiger partial charge in [0, 0.05) is 18.6 Å². The van der Waals surface area contributed by atoms with E-state index in [0.717, 1.165) is 11.5 Å². The number of carbonyl (C=O) groups is 1.